The molecule has 0 aliphatic carbocycles. The molecule has 0 amide bonds. The van der Waals surface area contributed by atoms with Crippen LogP contribution < -0.4 is 5.32 Å². The van der Waals surface area contributed by atoms with E-state index in [1.165, 1.54) is 6.33 Å². The Bertz CT molecular complexity index is 1260. The number of halogens is 2. The van der Waals surface area contributed by atoms with Gasteiger partial charge in [-0.3, -0.25) is 0 Å². The standard InChI is InChI=1S/C23H20F2N4O3/c1-12-19(30)20(31)23(32-12)29-10-17(13-5-3-2-4-6-13)18-21(26-11-27-22(18)29)28-16-8-14(24)7-15(25)9-16/h2-12,19-20,23,30-31H,1H3,(H,26,27,28)/t12-,19-,20-,23-/m1/s1. The van der Waals surface area contributed by atoms with Crippen LogP contribution in [0.15, 0.2) is 61.1 Å². The first kappa shape index (κ1) is 20.5. The molecule has 0 saturated carbocycles. The van der Waals surface area contributed by atoms with Crippen LogP contribution in [0.2, 0.25) is 0 Å². The molecule has 2 aromatic heterocycles. The molecule has 3 heterocycles. The predicted molar refractivity (Wildman–Crippen MR) is 114 cm³/mol. The molecule has 0 radical (unpaired) electrons. The lowest BCUT2D eigenvalue weighted by molar-refractivity contribution is -0.0295. The highest BCUT2D eigenvalue weighted by atomic mass is 19.1. The Morgan fingerprint density at radius 1 is 1.00 bits per heavy atom. The molecular formula is C23H20F2N4O3. The molecule has 1 saturated heterocycles. The van der Waals surface area contributed by atoms with Gasteiger partial charge in [0.1, 0.15) is 41.6 Å². The van der Waals surface area contributed by atoms with Crippen LogP contribution in [0.25, 0.3) is 22.2 Å². The van der Waals surface area contributed by atoms with E-state index >= 15 is 0 Å². The van der Waals surface area contributed by atoms with Gasteiger partial charge in [0.05, 0.1) is 11.5 Å². The SMILES string of the molecule is C[C@H]1O[C@@H](n2cc(-c3ccccc3)c3c(Nc4cc(F)cc(F)c4)ncnc32)[C@H](O)[C@@H]1O. The van der Waals surface area contributed by atoms with Crippen molar-refractivity contribution in [3.05, 3.63) is 72.7 Å². The average molecular weight is 438 g/mol. The number of rotatable bonds is 4. The Morgan fingerprint density at radius 2 is 1.72 bits per heavy atom. The highest BCUT2D eigenvalue weighted by Gasteiger charge is 2.42. The van der Waals surface area contributed by atoms with Crippen molar-refractivity contribution in [2.24, 2.45) is 0 Å². The van der Waals surface area contributed by atoms with E-state index in [-0.39, 0.29) is 5.69 Å². The van der Waals surface area contributed by atoms with Crippen molar-refractivity contribution in [1.29, 1.82) is 0 Å². The average Bonchev–Trinajstić information content (AvgIpc) is 3.27. The molecule has 4 aromatic rings. The van der Waals surface area contributed by atoms with Crippen LogP contribution in [0.3, 0.4) is 0 Å². The molecule has 1 aliphatic heterocycles. The molecular weight excluding hydrogens is 418 g/mol. The van der Waals surface area contributed by atoms with Gasteiger partial charge in [0.25, 0.3) is 0 Å². The van der Waals surface area contributed by atoms with E-state index in [0.29, 0.717) is 16.9 Å². The molecule has 0 spiro atoms. The first-order chi connectivity index (χ1) is 15.4. The molecule has 3 N–H and O–H groups in total. The number of aliphatic hydroxyl groups is 2. The lowest BCUT2D eigenvalue weighted by Gasteiger charge is -2.17. The van der Waals surface area contributed by atoms with E-state index in [1.807, 2.05) is 30.3 Å². The Morgan fingerprint density at radius 3 is 2.38 bits per heavy atom. The van der Waals surface area contributed by atoms with Gasteiger partial charge in [-0.25, -0.2) is 18.7 Å². The third kappa shape index (κ3) is 3.50. The highest BCUT2D eigenvalue weighted by Crippen LogP contribution is 2.39. The van der Waals surface area contributed by atoms with Crippen molar-refractivity contribution in [3.8, 4) is 11.1 Å². The summed E-state index contributed by atoms with van der Waals surface area (Å²) in [7, 11) is 0. The van der Waals surface area contributed by atoms with E-state index in [1.54, 1.807) is 17.7 Å². The number of aliphatic hydroxyl groups excluding tert-OH is 2. The molecule has 0 bridgehead atoms. The van der Waals surface area contributed by atoms with E-state index in [0.717, 1.165) is 29.3 Å². The molecule has 4 atom stereocenters. The van der Waals surface area contributed by atoms with E-state index in [4.69, 9.17) is 4.74 Å². The van der Waals surface area contributed by atoms with Crippen molar-refractivity contribution in [3.63, 3.8) is 0 Å². The van der Waals surface area contributed by atoms with Crippen LogP contribution in [0.5, 0.6) is 0 Å². The Labute approximate surface area is 181 Å². The van der Waals surface area contributed by atoms with Gasteiger partial charge in [0, 0.05) is 23.5 Å². The van der Waals surface area contributed by atoms with E-state index in [9.17, 15) is 19.0 Å². The molecule has 9 heteroatoms. The van der Waals surface area contributed by atoms with Gasteiger partial charge in [0.2, 0.25) is 0 Å². The summed E-state index contributed by atoms with van der Waals surface area (Å²) in [6.45, 7) is 1.68. The molecule has 2 aromatic carbocycles. The van der Waals surface area contributed by atoms with Crippen molar-refractivity contribution in [2.75, 3.05) is 5.32 Å². The van der Waals surface area contributed by atoms with Crippen LogP contribution >= 0.6 is 0 Å². The van der Waals surface area contributed by atoms with Crippen molar-refractivity contribution in [2.45, 2.75) is 31.5 Å². The fourth-order valence-corrected chi connectivity index (χ4v) is 4.03. The van der Waals surface area contributed by atoms with Crippen LogP contribution in [-0.2, 0) is 4.74 Å². The van der Waals surface area contributed by atoms with Crippen molar-refractivity contribution >= 4 is 22.5 Å². The minimum atomic E-state index is -1.16. The smallest absolute Gasteiger partial charge is 0.164 e. The fourth-order valence-electron chi connectivity index (χ4n) is 4.03. The lowest BCUT2D eigenvalue weighted by atomic mass is 10.1. The topological polar surface area (TPSA) is 92.4 Å². The lowest BCUT2D eigenvalue weighted by Crippen LogP contribution is -2.30. The largest absolute Gasteiger partial charge is 0.388 e. The second-order valence-corrected chi connectivity index (χ2v) is 7.73. The number of nitrogens with zero attached hydrogens (tertiary/aromatic N) is 3. The number of hydrogen-bond acceptors (Lipinski definition) is 6. The first-order valence-corrected chi connectivity index (χ1v) is 10.1. The molecule has 32 heavy (non-hydrogen) atoms. The Kier molecular flexibility index (Phi) is 5.09. The van der Waals surface area contributed by atoms with Crippen molar-refractivity contribution in [1.82, 2.24) is 14.5 Å². The first-order valence-electron chi connectivity index (χ1n) is 10.1. The molecule has 7 nitrogen and oxygen atoms in total. The van der Waals surface area contributed by atoms with Gasteiger partial charge in [-0.2, -0.15) is 0 Å². The van der Waals surface area contributed by atoms with Gasteiger partial charge < -0.3 is 24.8 Å². The quantitative estimate of drug-likeness (QED) is 0.449. The maximum Gasteiger partial charge on any atom is 0.164 e. The Balaban J connectivity index is 1.70. The molecule has 0 unspecified atom stereocenters. The number of nitrogens with one attached hydrogen (secondary N) is 1. The minimum Gasteiger partial charge on any atom is -0.388 e. The molecule has 1 aliphatic rings. The summed E-state index contributed by atoms with van der Waals surface area (Å²) < 4.78 is 34.9. The molecule has 5 rings (SSSR count). The number of benzene rings is 2. The van der Waals surface area contributed by atoms with Crippen LogP contribution in [-0.4, -0.2) is 43.1 Å². The van der Waals surface area contributed by atoms with Gasteiger partial charge in [-0.1, -0.05) is 30.3 Å². The zero-order valence-electron chi connectivity index (χ0n) is 17.0. The minimum absolute atomic E-state index is 0.190. The normalized spacial score (nSPS) is 23.0. The third-order valence-electron chi connectivity index (χ3n) is 5.57. The monoisotopic (exact) mass is 438 g/mol. The summed E-state index contributed by atoms with van der Waals surface area (Å²) in [5.41, 5.74) is 2.20. The van der Waals surface area contributed by atoms with Gasteiger partial charge in [-0.05, 0) is 24.6 Å². The number of hydrogen-bond donors (Lipinski definition) is 3. The fraction of sp³-hybridized carbons (Fsp3) is 0.217. The summed E-state index contributed by atoms with van der Waals surface area (Å²) in [4.78, 5) is 8.69. The van der Waals surface area contributed by atoms with Crippen LogP contribution in [0.1, 0.15) is 13.2 Å². The summed E-state index contributed by atoms with van der Waals surface area (Å²) in [5.74, 6) is -1.10. The maximum absolute atomic E-state index is 13.7. The molecule has 1 fully saturated rings. The number of ether oxygens (including phenoxy) is 1. The Hall–Kier alpha value is -3.40. The van der Waals surface area contributed by atoms with Gasteiger partial charge in [-0.15, -0.1) is 0 Å². The number of anilines is 2. The highest BCUT2D eigenvalue weighted by molar-refractivity contribution is 6.02. The zero-order chi connectivity index (χ0) is 22.4. The van der Waals surface area contributed by atoms with E-state index in [2.05, 4.69) is 15.3 Å². The van der Waals surface area contributed by atoms with Gasteiger partial charge in [0.15, 0.2) is 6.23 Å². The second-order valence-electron chi connectivity index (χ2n) is 7.73. The van der Waals surface area contributed by atoms with Crippen LogP contribution in [0, 0.1) is 11.6 Å². The number of fused-ring (bicyclic) bond motifs is 1. The summed E-state index contributed by atoms with van der Waals surface area (Å²) in [6.07, 6.45) is -0.561. The molecule has 164 valence electrons. The zero-order valence-corrected chi connectivity index (χ0v) is 17.0. The van der Waals surface area contributed by atoms with Gasteiger partial charge >= 0.3 is 0 Å². The summed E-state index contributed by atoms with van der Waals surface area (Å²) >= 11 is 0. The van der Waals surface area contributed by atoms with Crippen molar-refractivity contribution < 1.29 is 23.7 Å². The summed E-state index contributed by atoms with van der Waals surface area (Å²) in [5, 5.41) is 24.3. The van der Waals surface area contributed by atoms with Crippen LogP contribution in [0.4, 0.5) is 20.3 Å². The maximum atomic E-state index is 13.7. The van der Waals surface area contributed by atoms with E-state index < -0.39 is 36.2 Å². The predicted octanol–water partition coefficient (Wildman–Crippen LogP) is 3.76. The summed E-state index contributed by atoms with van der Waals surface area (Å²) in [6, 6.07) is 12.6. The number of aromatic nitrogens is 3. The second kappa shape index (κ2) is 7.94. The third-order valence-corrected chi connectivity index (χ3v) is 5.57.